The molecule has 0 bridgehead atoms. The highest BCUT2D eigenvalue weighted by atomic mass is 35.5. The van der Waals surface area contributed by atoms with E-state index < -0.39 is 0 Å². The van der Waals surface area contributed by atoms with E-state index in [4.69, 9.17) is 16.0 Å². The highest BCUT2D eigenvalue weighted by molar-refractivity contribution is 6.30. The van der Waals surface area contributed by atoms with Gasteiger partial charge < -0.3 is 14.2 Å². The second-order valence-electron chi connectivity index (χ2n) is 6.98. The molecule has 152 valence electrons. The Balaban J connectivity index is 1.29. The van der Waals surface area contributed by atoms with Crippen LogP contribution in [0.3, 0.4) is 0 Å². The van der Waals surface area contributed by atoms with Crippen molar-refractivity contribution >= 4 is 23.3 Å². The molecule has 1 amide bonds. The number of nitriles is 1. The summed E-state index contributed by atoms with van der Waals surface area (Å²) in [6.45, 7) is 2.50. The number of rotatable bonds is 5. The summed E-state index contributed by atoms with van der Waals surface area (Å²) in [4.78, 5) is 25.1. The van der Waals surface area contributed by atoms with Crippen LogP contribution in [0.4, 0.5) is 5.82 Å². The number of benzene rings is 1. The minimum atomic E-state index is 0.0717. The number of hydrogen-bond donors (Lipinski definition) is 0. The number of hydrogen-bond acceptors (Lipinski definition) is 6. The van der Waals surface area contributed by atoms with Crippen molar-refractivity contribution in [3.05, 3.63) is 65.3 Å². The number of carbonyl (C=O) groups excluding carboxylic acids is 1. The monoisotopic (exact) mass is 421 g/mol. The zero-order chi connectivity index (χ0) is 20.9. The Hall–Kier alpha value is -3.37. The van der Waals surface area contributed by atoms with Gasteiger partial charge in [0.15, 0.2) is 11.7 Å². The van der Waals surface area contributed by atoms with Crippen molar-refractivity contribution < 1.29 is 9.21 Å². The second kappa shape index (κ2) is 8.97. The molecule has 1 saturated heterocycles. The molecule has 0 unspecified atom stereocenters. The third-order valence-corrected chi connectivity index (χ3v) is 5.33. The number of aromatic nitrogens is 2. The van der Waals surface area contributed by atoms with Crippen molar-refractivity contribution in [2.75, 3.05) is 31.1 Å². The van der Waals surface area contributed by atoms with Crippen molar-refractivity contribution in [2.24, 2.45) is 0 Å². The smallest absolute Gasteiger partial charge is 0.223 e. The molecule has 0 N–H and O–H groups in total. The lowest BCUT2D eigenvalue weighted by atomic mass is 10.2. The number of pyridine rings is 1. The Morgan fingerprint density at radius 3 is 2.63 bits per heavy atom. The number of carbonyl (C=O) groups is 1. The van der Waals surface area contributed by atoms with Crippen LogP contribution >= 0.6 is 11.6 Å². The fourth-order valence-corrected chi connectivity index (χ4v) is 3.58. The van der Waals surface area contributed by atoms with Gasteiger partial charge in [-0.25, -0.2) is 9.97 Å². The molecule has 1 aliphatic heterocycles. The number of anilines is 1. The first kappa shape index (κ1) is 19.9. The molecule has 0 atom stereocenters. The van der Waals surface area contributed by atoms with Crippen LogP contribution in [-0.4, -0.2) is 47.0 Å². The van der Waals surface area contributed by atoms with E-state index >= 15 is 0 Å². The number of oxazole rings is 1. The molecular weight excluding hydrogens is 402 g/mol. The quantitative estimate of drug-likeness (QED) is 0.626. The molecule has 30 heavy (non-hydrogen) atoms. The molecule has 1 fully saturated rings. The predicted molar refractivity (Wildman–Crippen MR) is 113 cm³/mol. The van der Waals surface area contributed by atoms with Crippen LogP contribution in [-0.2, 0) is 11.2 Å². The zero-order valence-electron chi connectivity index (χ0n) is 16.3. The lowest BCUT2D eigenvalue weighted by Crippen LogP contribution is -2.49. The van der Waals surface area contributed by atoms with Gasteiger partial charge in [0.05, 0.1) is 11.8 Å². The maximum absolute atomic E-state index is 12.6. The van der Waals surface area contributed by atoms with Crippen molar-refractivity contribution in [1.82, 2.24) is 14.9 Å². The molecule has 0 saturated carbocycles. The molecule has 1 aliphatic rings. The van der Waals surface area contributed by atoms with E-state index in [0.29, 0.717) is 67.1 Å². The number of halogens is 1. The Labute approximate surface area is 179 Å². The molecule has 2 aromatic heterocycles. The largest absolute Gasteiger partial charge is 0.441 e. The third-order valence-electron chi connectivity index (χ3n) is 5.07. The highest BCUT2D eigenvalue weighted by Crippen LogP contribution is 2.23. The molecule has 3 aromatic rings. The van der Waals surface area contributed by atoms with Crippen molar-refractivity contribution in [2.45, 2.75) is 12.8 Å². The first-order valence-electron chi connectivity index (χ1n) is 9.72. The second-order valence-corrected chi connectivity index (χ2v) is 7.42. The lowest BCUT2D eigenvalue weighted by molar-refractivity contribution is -0.131. The van der Waals surface area contributed by atoms with Crippen LogP contribution in [0.1, 0.15) is 17.9 Å². The van der Waals surface area contributed by atoms with E-state index in [1.54, 1.807) is 36.7 Å². The minimum absolute atomic E-state index is 0.0717. The van der Waals surface area contributed by atoms with Gasteiger partial charge in [0.2, 0.25) is 5.91 Å². The molecule has 8 heteroatoms. The number of nitrogens with zero attached hydrogens (tertiary/aromatic N) is 5. The maximum atomic E-state index is 12.6. The van der Waals surface area contributed by atoms with E-state index in [1.165, 1.54) is 0 Å². The molecular formula is C22H20ClN5O2. The van der Waals surface area contributed by atoms with Gasteiger partial charge in [0.1, 0.15) is 11.9 Å². The van der Waals surface area contributed by atoms with Gasteiger partial charge in [-0.1, -0.05) is 11.6 Å². The van der Waals surface area contributed by atoms with Crippen LogP contribution in [0.5, 0.6) is 0 Å². The predicted octanol–water partition coefficient (Wildman–Crippen LogP) is 3.54. The van der Waals surface area contributed by atoms with Crippen LogP contribution in [0.2, 0.25) is 5.02 Å². The third kappa shape index (κ3) is 4.44. The Morgan fingerprint density at radius 2 is 1.90 bits per heavy atom. The van der Waals surface area contributed by atoms with Gasteiger partial charge in [-0.3, -0.25) is 4.79 Å². The molecule has 3 heterocycles. The van der Waals surface area contributed by atoms with E-state index in [1.807, 2.05) is 17.0 Å². The summed E-state index contributed by atoms with van der Waals surface area (Å²) >= 11 is 5.91. The van der Waals surface area contributed by atoms with Crippen molar-refractivity contribution in [3.8, 4) is 17.4 Å². The van der Waals surface area contributed by atoms with E-state index in [0.717, 1.165) is 5.56 Å². The lowest BCUT2D eigenvalue weighted by Gasteiger charge is -2.35. The summed E-state index contributed by atoms with van der Waals surface area (Å²) in [7, 11) is 0. The van der Waals surface area contributed by atoms with Crippen LogP contribution in [0, 0.1) is 11.3 Å². The molecule has 1 aromatic carbocycles. The van der Waals surface area contributed by atoms with Crippen LogP contribution in [0.25, 0.3) is 11.3 Å². The van der Waals surface area contributed by atoms with Gasteiger partial charge in [-0.05, 0) is 36.4 Å². The molecule has 7 nitrogen and oxygen atoms in total. The van der Waals surface area contributed by atoms with Gasteiger partial charge in [-0.15, -0.1) is 0 Å². The van der Waals surface area contributed by atoms with Gasteiger partial charge in [0, 0.05) is 55.8 Å². The molecule has 0 aliphatic carbocycles. The Morgan fingerprint density at radius 1 is 1.13 bits per heavy atom. The van der Waals surface area contributed by atoms with Crippen molar-refractivity contribution in [3.63, 3.8) is 0 Å². The average Bonchev–Trinajstić information content (AvgIpc) is 3.27. The zero-order valence-corrected chi connectivity index (χ0v) is 17.0. The normalized spacial score (nSPS) is 13.9. The summed E-state index contributed by atoms with van der Waals surface area (Å²) in [5.74, 6) is 1.95. The minimum Gasteiger partial charge on any atom is -0.441 e. The fourth-order valence-electron chi connectivity index (χ4n) is 3.45. The summed E-state index contributed by atoms with van der Waals surface area (Å²) < 4.78 is 5.78. The molecule has 4 rings (SSSR count). The summed E-state index contributed by atoms with van der Waals surface area (Å²) in [5, 5.41) is 9.92. The SMILES string of the molecule is N#Cc1cccnc1N1CCN(C(=O)CCc2ncc(-c3ccc(Cl)cc3)o2)CC1. The first-order valence-corrected chi connectivity index (χ1v) is 10.1. The maximum Gasteiger partial charge on any atom is 0.223 e. The number of aryl methyl sites for hydroxylation is 1. The topological polar surface area (TPSA) is 86.3 Å². The summed E-state index contributed by atoms with van der Waals surface area (Å²) in [5.41, 5.74) is 1.45. The molecule has 0 radical (unpaired) electrons. The van der Waals surface area contributed by atoms with E-state index in [-0.39, 0.29) is 5.91 Å². The fraction of sp³-hybridized carbons (Fsp3) is 0.273. The molecule has 0 spiro atoms. The van der Waals surface area contributed by atoms with Gasteiger partial charge in [0.25, 0.3) is 0 Å². The standard InChI is InChI=1S/C22H20ClN5O2/c23-18-5-3-16(4-6-18)19-15-26-20(30-19)7-8-21(29)27-10-12-28(13-11-27)22-17(14-24)2-1-9-25-22/h1-6,9,15H,7-8,10-13H2. The van der Waals surface area contributed by atoms with Crippen molar-refractivity contribution in [1.29, 1.82) is 5.26 Å². The van der Waals surface area contributed by atoms with Crippen LogP contribution < -0.4 is 4.90 Å². The average molecular weight is 422 g/mol. The Bertz CT molecular complexity index is 1070. The number of piperazine rings is 1. The Kier molecular flexibility index (Phi) is 5.96. The highest BCUT2D eigenvalue weighted by Gasteiger charge is 2.23. The summed E-state index contributed by atoms with van der Waals surface area (Å²) in [6, 6.07) is 13.0. The van der Waals surface area contributed by atoms with Crippen LogP contribution in [0.15, 0.2) is 53.2 Å². The van der Waals surface area contributed by atoms with E-state index in [9.17, 15) is 10.1 Å². The summed E-state index contributed by atoms with van der Waals surface area (Å²) in [6.07, 6.45) is 4.14. The number of amides is 1. The van der Waals surface area contributed by atoms with Gasteiger partial charge in [-0.2, -0.15) is 5.26 Å². The van der Waals surface area contributed by atoms with E-state index in [2.05, 4.69) is 20.9 Å². The first-order chi connectivity index (χ1) is 14.6. The van der Waals surface area contributed by atoms with Gasteiger partial charge >= 0.3 is 0 Å².